The SMILES string of the molecule is O=C(COc1ccc(S(=O)C(F)(F)C(F)(F)C(F)(F)F)cc1[N+](=O)[O-])Nc1ccccc1SC(F)(F)C(F)(F)C(F)(F)F. The van der Waals surface area contributed by atoms with Crippen LogP contribution in [0.5, 0.6) is 5.75 Å². The molecule has 240 valence electrons. The zero-order valence-corrected chi connectivity index (χ0v) is 21.5. The molecule has 0 bridgehead atoms. The van der Waals surface area contributed by atoms with Gasteiger partial charge in [-0.25, -0.2) is 4.21 Å². The first kappa shape index (κ1) is 35.8. The van der Waals surface area contributed by atoms with Crippen LogP contribution in [0.4, 0.5) is 72.8 Å². The van der Waals surface area contributed by atoms with E-state index in [1.54, 1.807) is 5.32 Å². The number of amides is 1. The Balaban J connectivity index is 2.26. The summed E-state index contributed by atoms with van der Waals surface area (Å²) >= 11 is -1.28. The maximum absolute atomic E-state index is 13.8. The minimum atomic E-state index is -6.87. The van der Waals surface area contributed by atoms with Crippen molar-refractivity contribution in [1.82, 2.24) is 0 Å². The quantitative estimate of drug-likeness (QED) is 0.115. The average Bonchev–Trinajstić information content (AvgIpc) is 2.86. The molecule has 0 heterocycles. The first-order valence-electron chi connectivity index (χ1n) is 10.3. The van der Waals surface area contributed by atoms with Gasteiger partial charge in [0.1, 0.15) is 10.8 Å². The highest BCUT2D eigenvalue weighted by Crippen LogP contribution is 2.55. The molecule has 7 nitrogen and oxygen atoms in total. The van der Waals surface area contributed by atoms with Gasteiger partial charge in [-0.2, -0.15) is 61.5 Å². The highest BCUT2D eigenvalue weighted by Gasteiger charge is 2.76. The monoisotopic (exact) mass is 688 g/mol. The summed E-state index contributed by atoms with van der Waals surface area (Å²) in [4.78, 5) is 19.4. The first-order valence-corrected chi connectivity index (χ1v) is 12.3. The smallest absolute Gasteiger partial charge is 0.461 e. The number of carbonyl (C=O) groups excluding carboxylic acids is 1. The molecular weight excluding hydrogens is 678 g/mol. The van der Waals surface area contributed by atoms with Gasteiger partial charge in [-0.1, -0.05) is 12.1 Å². The lowest BCUT2D eigenvalue weighted by atomic mass is 10.3. The van der Waals surface area contributed by atoms with Gasteiger partial charge in [-0.05, 0) is 36.0 Å². The highest BCUT2D eigenvalue weighted by molar-refractivity contribution is 8.00. The molecule has 1 N–H and O–H groups in total. The van der Waals surface area contributed by atoms with Crippen molar-refractivity contribution >= 4 is 39.8 Å². The van der Waals surface area contributed by atoms with E-state index in [0.29, 0.717) is 6.07 Å². The number of anilines is 1. The van der Waals surface area contributed by atoms with Crippen LogP contribution in [0, 0.1) is 10.1 Å². The summed E-state index contributed by atoms with van der Waals surface area (Å²) < 4.78 is 199. The Labute approximate surface area is 235 Å². The van der Waals surface area contributed by atoms with Crippen LogP contribution in [0.2, 0.25) is 0 Å². The number of nitro groups is 1. The van der Waals surface area contributed by atoms with E-state index in [9.17, 15) is 80.6 Å². The van der Waals surface area contributed by atoms with Crippen LogP contribution in [0.3, 0.4) is 0 Å². The largest absolute Gasteiger partial charge is 0.477 e. The van der Waals surface area contributed by atoms with Gasteiger partial charge in [0, 0.05) is 11.0 Å². The van der Waals surface area contributed by atoms with Crippen LogP contribution in [-0.2, 0) is 15.6 Å². The van der Waals surface area contributed by atoms with Crippen LogP contribution in [0.1, 0.15) is 0 Å². The second-order valence-corrected chi connectivity index (χ2v) is 10.4. The van der Waals surface area contributed by atoms with Gasteiger partial charge in [0.2, 0.25) is 0 Å². The van der Waals surface area contributed by atoms with Crippen LogP contribution >= 0.6 is 11.8 Å². The molecular formula is C20H10F14N2O5S2. The molecule has 2 aromatic carbocycles. The van der Waals surface area contributed by atoms with Gasteiger partial charge >= 0.3 is 40.4 Å². The second-order valence-electron chi connectivity index (χ2n) is 7.77. The van der Waals surface area contributed by atoms with Crippen LogP contribution < -0.4 is 10.1 Å². The number of benzene rings is 2. The summed E-state index contributed by atoms with van der Waals surface area (Å²) in [7, 11) is -4.54. The van der Waals surface area contributed by atoms with Crippen LogP contribution in [0.25, 0.3) is 0 Å². The predicted octanol–water partition coefficient (Wildman–Crippen LogP) is 7.39. The van der Waals surface area contributed by atoms with Gasteiger partial charge in [0.25, 0.3) is 5.91 Å². The van der Waals surface area contributed by atoms with E-state index in [-0.39, 0.29) is 18.2 Å². The number of carbonyl (C=O) groups is 1. The van der Waals surface area contributed by atoms with E-state index in [4.69, 9.17) is 4.74 Å². The number of nitro benzene ring substituents is 1. The van der Waals surface area contributed by atoms with Gasteiger partial charge < -0.3 is 10.1 Å². The lowest BCUT2D eigenvalue weighted by molar-refractivity contribution is -0.386. The molecule has 0 spiro atoms. The Morgan fingerprint density at radius 2 is 1.40 bits per heavy atom. The highest BCUT2D eigenvalue weighted by atomic mass is 32.2. The third kappa shape index (κ3) is 7.24. The molecule has 0 saturated carbocycles. The van der Waals surface area contributed by atoms with Gasteiger partial charge in [-0.3, -0.25) is 14.9 Å². The molecule has 0 fully saturated rings. The summed E-state index contributed by atoms with van der Waals surface area (Å²) in [5, 5.41) is 0.936. The molecule has 0 radical (unpaired) electrons. The van der Waals surface area contributed by atoms with Crippen molar-refractivity contribution in [2.45, 2.75) is 44.5 Å². The zero-order chi connectivity index (χ0) is 33.4. The standard InChI is InChI=1S/C20H10F14N2O5S2/c21-15(22,17(25,26)27)19(31,32)42-13-4-2-1-3-10(13)35-14(37)8-41-12-6-5-9(7-11(12)36(38)39)43(40)20(33,34)16(23,24)18(28,29)30/h1-7H,8H2,(H,35,37). The predicted molar refractivity (Wildman–Crippen MR) is 118 cm³/mol. The number of halogens is 14. The lowest BCUT2D eigenvalue weighted by Gasteiger charge is -2.28. The molecule has 43 heavy (non-hydrogen) atoms. The molecule has 23 heteroatoms. The fraction of sp³-hybridized carbons (Fsp3) is 0.350. The number of hydrogen-bond acceptors (Lipinski definition) is 6. The molecule has 2 rings (SSSR count). The lowest BCUT2D eigenvalue weighted by Crippen LogP contribution is -2.54. The van der Waals surface area contributed by atoms with Crippen LogP contribution in [-0.4, -0.2) is 56.4 Å². The topological polar surface area (TPSA) is 98.5 Å². The van der Waals surface area contributed by atoms with E-state index < -0.39 is 102 Å². The maximum Gasteiger partial charge on any atom is 0.461 e. The Morgan fingerprint density at radius 3 is 1.91 bits per heavy atom. The molecule has 2 aromatic rings. The molecule has 0 saturated heterocycles. The molecule has 0 aromatic heterocycles. The number of thioether (sulfide) groups is 1. The van der Waals surface area contributed by atoms with Crippen molar-refractivity contribution in [1.29, 1.82) is 0 Å². The summed E-state index contributed by atoms with van der Waals surface area (Å²) in [6, 6.07) is 3.63. The second kappa shape index (κ2) is 12.0. The number of hydrogen-bond donors (Lipinski definition) is 1. The zero-order valence-electron chi connectivity index (χ0n) is 19.8. The number of ether oxygens (including phenoxy) is 1. The molecule has 1 atom stereocenters. The van der Waals surface area contributed by atoms with Crippen molar-refractivity contribution in [2.75, 3.05) is 11.9 Å². The Morgan fingerprint density at radius 1 is 0.860 bits per heavy atom. The molecule has 1 unspecified atom stereocenters. The Kier molecular flexibility index (Phi) is 9.96. The van der Waals surface area contributed by atoms with E-state index in [2.05, 4.69) is 0 Å². The summed E-state index contributed by atoms with van der Waals surface area (Å²) in [5.41, 5.74) is -2.25. The fourth-order valence-electron chi connectivity index (χ4n) is 2.66. The van der Waals surface area contributed by atoms with Crippen molar-refractivity contribution in [3.63, 3.8) is 0 Å². The third-order valence-corrected chi connectivity index (χ3v) is 7.27. The average molecular weight is 688 g/mol. The van der Waals surface area contributed by atoms with Crippen molar-refractivity contribution < 1.29 is 80.1 Å². The number of rotatable bonds is 11. The van der Waals surface area contributed by atoms with E-state index in [0.717, 1.165) is 18.2 Å². The number of para-hydroxylation sites is 1. The van der Waals surface area contributed by atoms with Gasteiger partial charge in [0.05, 0.1) is 15.5 Å². The molecule has 0 aliphatic carbocycles. The van der Waals surface area contributed by atoms with Crippen molar-refractivity contribution in [2.24, 2.45) is 0 Å². The van der Waals surface area contributed by atoms with E-state index in [1.165, 1.54) is 0 Å². The molecule has 0 aliphatic rings. The van der Waals surface area contributed by atoms with Crippen molar-refractivity contribution in [3.05, 3.63) is 52.6 Å². The number of nitrogens with one attached hydrogen (secondary N) is 1. The van der Waals surface area contributed by atoms with Gasteiger partial charge in [-0.15, -0.1) is 0 Å². The minimum absolute atomic E-state index is 0.126. The molecule has 1 amide bonds. The van der Waals surface area contributed by atoms with E-state index in [1.807, 2.05) is 0 Å². The normalized spacial score (nSPS) is 14.3. The number of nitrogens with zero attached hydrogens (tertiary/aromatic N) is 1. The maximum atomic E-state index is 13.8. The summed E-state index contributed by atoms with van der Waals surface area (Å²) in [6.07, 6.45) is -13.5. The summed E-state index contributed by atoms with van der Waals surface area (Å²) in [6.45, 7) is -1.35. The van der Waals surface area contributed by atoms with Crippen molar-refractivity contribution in [3.8, 4) is 5.75 Å². The van der Waals surface area contributed by atoms with Gasteiger partial charge in [0.15, 0.2) is 12.4 Å². The summed E-state index contributed by atoms with van der Waals surface area (Å²) in [5.74, 6) is -15.8. The third-order valence-electron chi connectivity index (χ3n) is 4.78. The molecule has 0 aliphatic heterocycles. The number of alkyl halides is 14. The first-order chi connectivity index (χ1) is 19.3. The Bertz CT molecular complexity index is 1400. The Hall–Kier alpha value is -3.37. The fourth-order valence-corrected chi connectivity index (χ4v) is 4.61. The van der Waals surface area contributed by atoms with Crippen LogP contribution in [0.15, 0.2) is 52.3 Å². The minimum Gasteiger partial charge on any atom is -0.477 e. The van der Waals surface area contributed by atoms with E-state index >= 15 is 0 Å².